The lowest BCUT2D eigenvalue weighted by molar-refractivity contribution is 0.0950. The summed E-state index contributed by atoms with van der Waals surface area (Å²) >= 11 is 0. The van der Waals surface area contributed by atoms with E-state index >= 15 is 0 Å². The Labute approximate surface area is 128 Å². The van der Waals surface area contributed by atoms with E-state index in [0.717, 1.165) is 29.9 Å². The van der Waals surface area contributed by atoms with Gasteiger partial charge in [0.25, 0.3) is 5.91 Å². The first kappa shape index (κ1) is 13.0. The third kappa shape index (κ3) is 2.45. The number of hydrogen-bond donors (Lipinski definition) is 1. The highest BCUT2D eigenvalue weighted by atomic mass is 16.1. The molecule has 1 aromatic carbocycles. The summed E-state index contributed by atoms with van der Waals surface area (Å²) in [5.41, 5.74) is 2.51. The summed E-state index contributed by atoms with van der Waals surface area (Å²) in [6.45, 7) is 0.523. The maximum atomic E-state index is 12.3. The molecule has 2 heterocycles. The highest BCUT2D eigenvalue weighted by molar-refractivity contribution is 5.94. The lowest BCUT2D eigenvalue weighted by atomic mass is 10.2. The maximum absolute atomic E-state index is 12.3. The molecule has 4 rings (SSSR count). The topological polar surface area (TPSA) is 59.3 Å². The number of carbonyl (C=O) groups is 1. The average Bonchev–Trinajstić information content (AvgIpc) is 3.32. The summed E-state index contributed by atoms with van der Waals surface area (Å²) in [6.07, 6.45) is 4.15. The van der Waals surface area contributed by atoms with Gasteiger partial charge in [0.05, 0.1) is 5.56 Å². The molecular formula is C17H16N4O. The molecule has 1 aliphatic carbocycles. The van der Waals surface area contributed by atoms with Crippen LogP contribution in [0.2, 0.25) is 0 Å². The quantitative estimate of drug-likeness (QED) is 0.804. The minimum Gasteiger partial charge on any atom is -0.348 e. The number of aromatic nitrogens is 3. The second-order valence-corrected chi connectivity index (χ2v) is 5.65. The van der Waals surface area contributed by atoms with Crippen molar-refractivity contribution in [3.8, 4) is 0 Å². The first-order chi connectivity index (χ1) is 10.8. The zero-order valence-corrected chi connectivity index (χ0v) is 12.1. The Balaban J connectivity index is 1.55. The van der Waals surface area contributed by atoms with Crippen LogP contribution in [0.15, 0.2) is 48.7 Å². The third-order valence-electron chi connectivity index (χ3n) is 3.93. The van der Waals surface area contributed by atoms with Crippen LogP contribution in [0.4, 0.5) is 0 Å². The van der Waals surface area contributed by atoms with Crippen molar-refractivity contribution >= 4 is 11.6 Å². The summed E-state index contributed by atoms with van der Waals surface area (Å²) in [5, 5.41) is 11.3. The molecule has 0 bridgehead atoms. The van der Waals surface area contributed by atoms with E-state index < -0.39 is 0 Å². The van der Waals surface area contributed by atoms with Gasteiger partial charge in [-0.15, -0.1) is 10.2 Å². The van der Waals surface area contributed by atoms with Gasteiger partial charge in [0.2, 0.25) is 0 Å². The predicted molar refractivity (Wildman–Crippen MR) is 82.6 cm³/mol. The number of hydrogen-bond acceptors (Lipinski definition) is 3. The summed E-state index contributed by atoms with van der Waals surface area (Å²) in [6, 6.07) is 13.5. The van der Waals surface area contributed by atoms with Gasteiger partial charge in [0.1, 0.15) is 5.82 Å². The van der Waals surface area contributed by atoms with Crippen molar-refractivity contribution < 1.29 is 4.79 Å². The molecule has 1 amide bonds. The first-order valence-corrected chi connectivity index (χ1v) is 7.48. The molecule has 0 unspecified atom stereocenters. The number of amides is 1. The van der Waals surface area contributed by atoms with Crippen LogP contribution in [0.25, 0.3) is 5.65 Å². The standard InChI is InChI=1S/C17H16N4O/c22-17(18-10-12-4-2-1-3-5-12)14-8-9-15-19-20-16(13-6-7-13)21(15)11-14/h1-5,8-9,11,13H,6-7,10H2,(H,18,22). The lowest BCUT2D eigenvalue weighted by Gasteiger charge is -2.06. The fraction of sp³-hybridized carbons (Fsp3) is 0.235. The van der Waals surface area contributed by atoms with Crippen LogP contribution in [0.5, 0.6) is 0 Å². The SMILES string of the molecule is O=C(NCc1ccccc1)c1ccc2nnc(C3CC3)n2c1. The second-order valence-electron chi connectivity index (χ2n) is 5.65. The Morgan fingerprint density at radius 3 is 2.73 bits per heavy atom. The van der Waals surface area contributed by atoms with Crippen molar-refractivity contribution in [2.45, 2.75) is 25.3 Å². The Morgan fingerprint density at radius 1 is 1.14 bits per heavy atom. The zero-order valence-electron chi connectivity index (χ0n) is 12.1. The molecule has 1 saturated carbocycles. The molecule has 5 nitrogen and oxygen atoms in total. The molecule has 0 atom stereocenters. The summed E-state index contributed by atoms with van der Waals surface area (Å²) in [5.74, 6) is 1.38. The number of nitrogens with zero attached hydrogens (tertiary/aromatic N) is 3. The molecule has 110 valence electrons. The van der Waals surface area contributed by atoms with E-state index in [1.807, 2.05) is 47.0 Å². The van der Waals surface area contributed by atoms with Crippen LogP contribution >= 0.6 is 0 Å². The van der Waals surface area contributed by atoms with E-state index in [0.29, 0.717) is 18.0 Å². The van der Waals surface area contributed by atoms with E-state index in [-0.39, 0.29) is 5.91 Å². The van der Waals surface area contributed by atoms with E-state index in [1.54, 1.807) is 6.07 Å². The van der Waals surface area contributed by atoms with Crippen LogP contribution in [0, 0.1) is 0 Å². The molecule has 0 saturated heterocycles. The Bertz CT molecular complexity index is 821. The van der Waals surface area contributed by atoms with Crippen molar-refractivity contribution in [1.29, 1.82) is 0 Å². The van der Waals surface area contributed by atoms with Crippen LogP contribution in [0.3, 0.4) is 0 Å². The lowest BCUT2D eigenvalue weighted by Crippen LogP contribution is -2.23. The molecule has 0 aliphatic heterocycles. The number of carbonyl (C=O) groups excluding carboxylic acids is 1. The normalized spacial score (nSPS) is 14.2. The van der Waals surface area contributed by atoms with Crippen LogP contribution in [-0.4, -0.2) is 20.5 Å². The van der Waals surface area contributed by atoms with Crippen molar-refractivity contribution in [2.75, 3.05) is 0 Å². The molecule has 0 spiro atoms. The smallest absolute Gasteiger partial charge is 0.253 e. The molecule has 0 radical (unpaired) electrons. The van der Waals surface area contributed by atoms with Crippen molar-refractivity contribution in [1.82, 2.24) is 19.9 Å². The van der Waals surface area contributed by atoms with Gasteiger partial charge in [-0.3, -0.25) is 9.20 Å². The molecular weight excluding hydrogens is 276 g/mol. The van der Waals surface area contributed by atoms with Gasteiger partial charge >= 0.3 is 0 Å². The van der Waals surface area contributed by atoms with Gasteiger partial charge in [-0.2, -0.15) is 0 Å². The molecule has 3 aromatic rings. The Kier molecular flexibility index (Phi) is 3.11. The molecule has 2 aromatic heterocycles. The van der Waals surface area contributed by atoms with Crippen molar-refractivity contribution in [2.24, 2.45) is 0 Å². The molecule has 1 aliphatic rings. The predicted octanol–water partition coefficient (Wildman–Crippen LogP) is 2.54. The minimum absolute atomic E-state index is 0.0822. The van der Waals surface area contributed by atoms with Gasteiger partial charge < -0.3 is 5.32 Å². The number of pyridine rings is 1. The van der Waals surface area contributed by atoms with E-state index in [2.05, 4.69) is 15.5 Å². The van der Waals surface area contributed by atoms with Crippen molar-refractivity contribution in [3.05, 3.63) is 65.6 Å². The van der Waals surface area contributed by atoms with Gasteiger partial charge in [-0.1, -0.05) is 30.3 Å². The third-order valence-corrected chi connectivity index (χ3v) is 3.93. The van der Waals surface area contributed by atoms with Gasteiger partial charge in [0, 0.05) is 18.7 Å². The average molecular weight is 292 g/mol. The monoisotopic (exact) mass is 292 g/mol. The first-order valence-electron chi connectivity index (χ1n) is 7.48. The summed E-state index contributed by atoms with van der Waals surface area (Å²) < 4.78 is 1.94. The fourth-order valence-electron chi connectivity index (χ4n) is 2.54. The molecule has 1 fully saturated rings. The van der Waals surface area contributed by atoms with Crippen LogP contribution in [-0.2, 0) is 6.54 Å². The second kappa shape index (κ2) is 5.26. The van der Waals surface area contributed by atoms with Crippen molar-refractivity contribution in [3.63, 3.8) is 0 Å². The minimum atomic E-state index is -0.0822. The molecule has 5 heteroatoms. The van der Waals surface area contributed by atoms with E-state index in [4.69, 9.17) is 0 Å². The van der Waals surface area contributed by atoms with Gasteiger partial charge in [-0.05, 0) is 30.5 Å². The fourth-order valence-corrected chi connectivity index (χ4v) is 2.54. The van der Waals surface area contributed by atoms with E-state index in [9.17, 15) is 4.79 Å². The van der Waals surface area contributed by atoms with E-state index in [1.165, 1.54) is 0 Å². The molecule has 22 heavy (non-hydrogen) atoms. The summed E-state index contributed by atoms with van der Waals surface area (Å²) in [4.78, 5) is 12.3. The number of nitrogens with one attached hydrogen (secondary N) is 1. The zero-order chi connectivity index (χ0) is 14.9. The number of fused-ring (bicyclic) bond motifs is 1. The highest BCUT2D eigenvalue weighted by Crippen LogP contribution is 2.38. The number of benzene rings is 1. The van der Waals surface area contributed by atoms with Crippen LogP contribution in [0.1, 0.15) is 40.5 Å². The number of rotatable bonds is 4. The Hall–Kier alpha value is -2.69. The maximum Gasteiger partial charge on any atom is 0.253 e. The van der Waals surface area contributed by atoms with Crippen LogP contribution < -0.4 is 5.32 Å². The summed E-state index contributed by atoms with van der Waals surface area (Å²) in [7, 11) is 0. The highest BCUT2D eigenvalue weighted by Gasteiger charge is 2.28. The Morgan fingerprint density at radius 2 is 1.95 bits per heavy atom. The van der Waals surface area contributed by atoms with Gasteiger partial charge in [0.15, 0.2) is 5.65 Å². The van der Waals surface area contributed by atoms with Gasteiger partial charge in [-0.25, -0.2) is 0 Å². The largest absolute Gasteiger partial charge is 0.348 e. The molecule has 1 N–H and O–H groups in total.